The molecule has 14 heteroatoms. The van der Waals surface area contributed by atoms with E-state index in [0.29, 0.717) is 26.2 Å². The minimum atomic E-state index is -1.68. The molecule has 2 aromatic carbocycles. The molecule has 2 saturated heterocycles. The molecule has 2 N–H and O–H groups in total. The topological polar surface area (TPSA) is 139 Å². The summed E-state index contributed by atoms with van der Waals surface area (Å²) in [6.07, 6.45) is 2.81. The molecule has 3 aliphatic heterocycles. The van der Waals surface area contributed by atoms with Crippen LogP contribution in [0.15, 0.2) is 40.3 Å². The van der Waals surface area contributed by atoms with Crippen molar-refractivity contribution in [1.82, 2.24) is 15.1 Å². The summed E-state index contributed by atoms with van der Waals surface area (Å²) in [5.74, 6) is -3.74. The number of nitrogens with one attached hydrogen (secondary N) is 2. The van der Waals surface area contributed by atoms with Crippen molar-refractivity contribution in [2.45, 2.75) is 25.4 Å². The first-order chi connectivity index (χ1) is 21.1. The van der Waals surface area contributed by atoms with Crippen molar-refractivity contribution in [3.05, 3.63) is 58.1 Å². The zero-order valence-electron chi connectivity index (χ0n) is 23.9. The molecule has 1 atom stereocenters. The van der Waals surface area contributed by atoms with E-state index in [-0.39, 0.29) is 45.3 Å². The number of halogens is 3. The van der Waals surface area contributed by atoms with Gasteiger partial charge in [0.25, 0.3) is 11.8 Å². The molecule has 0 aromatic heterocycles. The van der Waals surface area contributed by atoms with Crippen LogP contribution >= 0.6 is 11.6 Å². The van der Waals surface area contributed by atoms with E-state index in [4.69, 9.17) is 21.6 Å². The van der Waals surface area contributed by atoms with Gasteiger partial charge in [0.15, 0.2) is 18.2 Å². The van der Waals surface area contributed by atoms with Crippen molar-refractivity contribution < 1.29 is 27.9 Å². The molecule has 1 unspecified atom stereocenters. The molecule has 2 fully saturated rings. The van der Waals surface area contributed by atoms with Crippen molar-refractivity contribution in [1.29, 1.82) is 5.26 Å². The molecule has 44 heavy (non-hydrogen) atoms. The quantitative estimate of drug-likeness (QED) is 0.485. The van der Waals surface area contributed by atoms with Crippen LogP contribution in [0.4, 0.5) is 14.5 Å². The Morgan fingerprint density at radius 1 is 1.11 bits per heavy atom. The molecule has 5 rings (SSSR count). The number of ether oxygens (including phenoxy) is 1. The van der Waals surface area contributed by atoms with Crippen molar-refractivity contribution in [3.63, 3.8) is 0 Å². The summed E-state index contributed by atoms with van der Waals surface area (Å²) in [6, 6.07) is 8.53. The maximum Gasteiger partial charge on any atom is 0.274 e. The number of rotatable bonds is 7. The lowest BCUT2D eigenvalue weighted by Gasteiger charge is -2.37. The first-order valence-electron chi connectivity index (χ1n) is 14.1. The van der Waals surface area contributed by atoms with E-state index in [0.717, 1.165) is 32.0 Å². The van der Waals surface area contributed by atoms with E-state index in [1.54, 1.807) is 11.0 Å². The van der Waals surface area contributed by atoms with Gasteiger partial charge in [-0.25, -0.2) is 9.38 Å². The van der Waals surface area contributed by atoms with Crippen LogP contribution < -0.4 is 15.4 Å². The minimum absolute atomic E-state index is 0.0248. The Hall–Kier alpha value is -4.41. The highest BCUT2D eigenvalue weighted by Gasteiger charge is 2.37. The Morgan fingerprint density at radius 2 is 1.82 bits per heavy atom. The molecule has 0 aliphatic carbocycles. The first kappa shape index (κ1) is 31.0. The second kappa shape index (κ2) is 13.1. The average molecular weight is 626 g/mol. The van der Waals surface area contributed by atoms with Gasteiger partial charge in [0.1, 0.15) is 6.07 Å². The van der Waals surface area contributed by atoms with Crippen molar-refractivity contribution >= 4 is 46.9 Å². The van der Waals surface area contributed by atoms with Crippen LogP contribution in [0.3, 0.4) is 0 Å². The summed E-state index contributed by atoms with van der Waals surface area (Å²) >= 11 is 6.45. The Labute approximate surface area is 257 Å². The van der Waals surface area contributed by atoms with Gasteiger partial charge in [-0.3, -0.25) is 19.4 Å². The van der Waals surface area contributed by atoms with E-state index in [2.05, 4.69) is 20.6 Å². The van der Waals surface area contributed by atoms with Crippen LogP contribution in [-0.2, 0) is 9.59 Å². The Bertz CT molecular complexity index is 1580. The number of hydrogen-bond donors (Lipinski definition) is 2. The molecule has 2 aromatic rings. The molecule has 0 saturated carbocycles. The van der Waals surface area contributed by atoms with E-state index >= 15 is 0 Å². The zero-order valence-corrected chi connectivity index (χ0v) is 24.7. The highest BCUT2D eigenvalue weighted by atomic mass is 35.5. The predicted molar refractivity (Wildman–Crippen MR) is 159 cm³/mol. The predicted octanol–water partition coefficient (Wildman–Crippen LogP) is 3.03. The number of hydrogen-bond acceptors (Lipinski definition) is 8. The highest BCUT2D eigenvalue weighted by molar-refractivity contribution is 6.40. The molecule has 0 radical (unpaired) electrons. The summed E-state index contributed by atoms with van der Waals surface area (Å²) < 4.78 is 34.0. The molecule has 3 aliphatic rings. The van der Waals surface area contributed by atoms with Gasteiger partial charge in [0.05, 0.1) is 22.5 Å². The number of carbonyl (C=O) groups excluding carboxylic acids is 3. The number of piperidine rings is 1. The van der Waals surface area contributed by atoms with Crippen molar-refractivity contribution in [2.24, 2.45) is 15.9 Å². The maximum absolute atomic E-state index is 14.7. The van der Waals surface area contributed by atoms with E-state index in [1.807, 2.05) is 4.90 Å². The van der Waals surface area contributed by atoms with Crippen LogP contribution in [0.1, 0.15) is 35.7 Å². The highest BCUT2D eigenvalue weighted by Crippen LogP contribution is 2.29. The number of nitrogens with zero attached hydrogens (tertiary/aromatic N) is 5. The Morgan fingerprint density at radius 3 is 2.50 bits per heavy atom. The number of nitriles is 1. The summed E-state index contributed by atoms with van der Waals surface area (Å²) in [7, 11) is 0. The van der Waals surface area contributed by atoms with Crippen LogP contribution in [0.5, 0.6) is 5.75 Å². The SMILES string of the molecule is CC1(C(=O)Nc2ccc(C(=O)N3CCN(C(=O)C4CCNCC4)CC3)c(Cl)c2)N=CC(c2ccc(OCC#N)c(F)c2F)=N1. The number of aliphatic imine (C=N–C) groups is 2. The molecule has 3 amide bonds. The fraction of sp³-hybridized carbons (Fsp3) is 0.400. The molecule has 11 nitrogen and oxygen atoms in total. The number of anilines is 1. The number of benzene rings is 2. The number of piperazine rings is 1. The van der Waals surface area contributed by atoms with Gasteiger partial charge in [0.2, 0.25) is 17.4 Å². The van der Waals surface area contributed by atoms with Crippen LogP contribution in [-0.4, -0.2) is 91.0 Å². The van der Waals surface area contributed by atoms with Gasteiger partial charge in [-0.2, -0.15) is 9.65 Å². The normalized spacial score (nSPS) is 20.2. The van der Waals surface area contributed by atoms with Crippen LogP contribution in [0, 0.1) is 28.9 Å². The summed E-state index contributed by atoms with van der Waals surface area (Å²) in [5, 5.41) is 14.6. The molecule has 230 valence electrons. The third kappa shape index (κ3) is 6.41. The molecule has 0 spiro atoms. The first-order valence-corrected chi connectivity index (χ1v) is 14.5. The second-order valence-electron chi connectivity index (χ2n) is 10.8. The lowest BCUT2D eigenvalue weighted by atomic mass is 9.96. The van der Waals surface area contributed by atoms with Gasteiger partial charge in [-0.1, -0.05) is 11.6 Å². The van der Waals surface area contributed by atoms with Gasteiger partial charge in [-0.05, 0) is 63.2 Å². The second-order valence-corrected chi connectivity index (χ2v) is 11.2. The van der Waals surface area contributed by atoms with Gasteiger partial charge in [-0.15, -0.1) is 0 Å². The molecular weight excluding hydrogens is 596 g/mol. The fourth-order valence-electron chi connectivity index (χ4n) is 5.31. The third-order valence-electron chi connectivity index (χ3n) is 7.85. The van der Waals surface area contributed by atoms with E-state index < -0.39 is 35.6 Å². The fourth-order valence-corrected chi connectivity index (χ4v) is 5.57. The smallest absolute Gasteiger partial charge is 0.274 e. The maximum atomic E-state index is 14.7. The number of amides is 3. The van der Waals surface area contributed by atoms with E-state index in [9.17, 15) is 23.2 Å². The standard InChI is InChI=1S/C30H30ClF2N7O4/c1-30(36-17-23(38-30)21-4-5-24(44-15-8-34)26(33)25(21)32)29(43)37-19-2-3-20(22(31)16-19)28(42)40-13-11-39(12-14-40)27(41)18-6-9-35-10-7-18/h2-5,16-18,35H,6-7,9-15H2,1H3,(H,37,43). The number of carbonyl (C=O) groups is 3. The van der Waals surface area contributed by atoms with Gasteiger partial charge < -0.3 is 25.2 Å². The van der Waals surface area contributed by atoms with Crippen molar-refractivity contribution in [3.8, 4) is 11.8 Å². The van der Waals surface area contributed by atoms with Crippen LogP contribution in [0.2, 0.25) is 5.02 Å². The van der Waals surface area contributed by atoms with Gasteiger partial charge >= 0.3 is 0 Å². The molecular formula is C30H30ClF2N7O4. The van der Waals surface area contributed by atoms with Crippen molar-refractivity contribution in [2.75, 3.05) is 51.2 Å². The largest absolute Gasteiger partial charge is 0.476 e. The molecule has 3 heterocycles. The van der Waals surface area contributed by atoms with Gasteiger partial charge in [0, 0.05) is 43.3 Å². The minimum Gasteiger partial charge on any atom is -0.476 e. The zero-order chi connectivity index (χ0) is 31.4. The lowest BCUT2D eigenvalue weighted by molar-refractivity contribution is -0.137. The monoisotopic (exact) mass is 625 g/mol. The Kier molecular flexibility index (Phi) is 9.22. The average Bonchev–Trinajstić information content (AvgIpc) is 3.44. The Balaban J connectivity index is 1.20. The third-order valence-corrected chi connectivity index (χ3v) is 8.16. The summed E-state index contributed by atoms with van der Waals surface area (Å²) in [5.41, 5.74) is -1.42. The van der Waals surface area contributed by atoms with Crippen LogP contribution in [0.25, 0.3) is 0 Å². The van der Waals surface area contributed by atoms with E-state index in [1.165, 1.54) is 37.4 Å². The lowest BCUT2D eigenvalue weighted by Crippen LogP contribution is -2.52. The molecule has 0 bridgehead atoms. The summed E-state index contributed by atoms with van der Waals surface area (Å²) in [6.45, 7) is 4.31. The summed E-state index contributed by atoms with van der Waals surface area (Å²) in [4.78, 5) is 51.0.